The molecule has 2 aromatic heterocycles. The zero-order valence-corrected chi connectivity index (χ0v) is 18.2. The molecule has 1 saturated heterocycles. The van der Waals surface area contributed by atoms with Gasteiger partial charge >= 0.3 is 0 Å². The van der Waals surface area contributed by atoms with E-state index in [2.05, 4.69) is 5.10 Å². The third-order valence-electron chi connectivity index (χ3n) is 4.78. The second-order valence-corrected chi connectivity index (χ2v) is 10.4. The number of hydrogen-bond donors (Lipinski definition) is 0. The Hall–Kier alpha value is -1.42. The third kappa shape index (κ3) is 3.91. The summed E-state index contributed by atoms with van der Waals surface area (Å²) in [4.78, 5) is 16.4. The Morgan fingerprint density at radius 3 is 2.30 bits per heavy atom. The van der Waals surface area contributed by atoms with Gasteiger partial charge in [0, 0.05) is 35.9 Å². The van der Waals surface area contributed by atoms with Gasteiger partial charge in [0.2, 0.25) is 15.9 Å². The van der Waals surface area contributed by atoms with Crippen LogP contribution in [0.3, 0.4) is 0 Å². The second-order valence-electron chi connectivity index (χ2n) is 6.70. The van der Waals surface area contributed by atoms with Crippen LogP contribution in [0.2, 0.25) is 5.02 Å². The van der Waals surface area contributed by atoms with Crippen LogP contribution in [0, 0.1) is 27.7 Å². The van der Waals surface area contributed by atoms with Gasteiger partial charge in [0.15, 0.2) is 0 Å². The van der Waals surface area contributed by atoms with E-state index in [0.717, 1.165) is 15.4 Å². The second kappa shape index (κ2) is 7.54. The Kier molecular flexibility index (Phi) is 5.67. The monoisotopic (exact) mass is 430 g/mol. The maximum absolute atomic E-state index is 12.9. The molecule has 1 aliphatic heterocycles. The van der Waals surface area contributed by atoms with Crippen LogP contribution in [-0.4, -0.2) is 59.5 Å². The van der Waals surface area contributed by atoms with Gasteiger partial charge in [-0.05, 0) is 33.8 Å². The molecule has 2 aromatic rings. The van der Waals surface area contributed by atoms with Crippen LogP contribution in [0.1, 0.15) is 21.1 Å². The molecule has 7 nitrogen and oxygen atoms in total. The molecule has 0 spiro atoms. The van der Waals surface area contributed by atoms with Crippen molar-refractivity contribution < 1.29 is 13.2 Å². The molecule has 0 bridgehead atoms. The molecule has 0 saturated carbocycles. The van der Waals surface area contributed by atoms with E-state index < -0.39 is 10.0 Å². The molecule has 0 unspecified atom stereocenters. The molecule has 1 fully saturated rings. The maximum atomic E-state index is 12.9. The number of aromatic nitrogens is 2. The smallest absolute Gasteiger partial charge is 0.244 e. The van der Waals surface area contributed by atoms with Crippen molar-refractivity contribution in [3.8, 4) is 0 Å². The third-order valence-corrected chi connectivity index (χ3v) is 8.45. The van der Waals surface area contributed by atoms with E-state index in [1.807, 2.05) is 20.8 Å². The molecular formula is C17H23ClN4O3S2. The van der Waals surface area contributed by atoms with E-state index in [1.54, 1.807) is 22.6 Å². The van der Waals surface area contributed by atoms with Crippen molar-refractivity contribution in [3.63, 3.8) is 0 Å². The van der Waals surface area contributed by atoms with Crippen molar-refractivity contribution in [2.45, 2.75) is 39.1 Å². The number of aryl methyl sites for hydroxylation is 3. The van der Waals surface area contributed by atoms with E-state index in [9.17, 15) is 13.2 Å². The zero-order chi connectivity index (χ0) is 19.9. The quantitative estimate of drug-likeness (QED) is 0.746. The fraction of sp³-hybridized carbons (Fsp3) is 0.529. The number of piperazine rings is 1. The average Bonchev–Trinajstić information content (AvgIpc) is 3.09. The molecule has 0 N–H and O–H groups in total. The summed E-state index contributed by atoms with van der Waals surface area (Å²) in [5.74, 6) is -0.0862. The summed E-state index contributed by atoms with van der Waals surface area (Å²) in [5.41, 5.74) is 1.45. The first-order valence-electron chi connectivity index (χ1n) is 8.65. The minimum Gasteiger partial charge on any atom is -0.338 e. The molecular weight excluding hydrogens is 408 g/mol. The largest absolute Gasteiger partial charge is 0.338 e. The molecule has 0 aliphatic carbocycles. The van der Waals surface area contributed by atoms with Crippen LogP contribution >= 0.6 is 22.9 Å². The number of nitrogens with zero attached hydrogens (tertiary/aromatic N) is 4. The number of carbonyl (C=O) groups is 1. The van der Waals surface area contributed by atoms with E-state index in [0.29, 0.717) is 41.8 Å². The minimum atomic E-state index is -3.52. The molecule has 0 aromatic carbocycles. The van der Waals surface area contributed by atoms with Gasteiger partial charge < -0.3 is 4.90 Å². The SMILES string of the molecule is Cc1cc(S(=O)(=O)N2CCN(C(=O)Cn3nc(C)c(Cl)c3C)CC2)c(C)s1. The van der Waals surface area contributed by atoms with Crippen molar-refractivity contribution in [3.05, 3.63) is 32.2 Å². The fourth-order valence-electron chi connectivity index (χ4n) is 3.24. The summed E-state index contributed by atoms with van der Waals surface area (Å²) in [6.45, 7) is 8.78. The number of rotatable bonds is 4. The Morgan fingerprint density at radius 2 is 1.81 bits per heavy atom. The highest BCUT2D eigenvalue weighted by molar-refractivity contribution is 7.89. The number of thiophene rings is 1. The van der Waals surface area contributed by atoms with Crippen molar-refractivity contribution in [2.75, 3.05) is 26.2 Å². The van der Waals surface area contributed by atoms with Crippen LogP contribution in [-0.2, 0) is 21.4 Å². The number of sulfonamides is 1. The number of amides is 1. The Morgan fingerprint density at radius 1 is 1.19 bits per heavy atom. The summed E-state index contributed by atoms with van der Waals surface area (Å²) in [5, 5.41) is 4.85. The topological polar surface area (TPSA) is 75.5 Å². The standard InChI is InChI=1S/C17H23ClN4O3S2/c1-11-9-15(14(4)26-11)27(24,25)21-7-5-20(6-8-21)16(23)10-22-13(3)17(18)12(2)19-22/h9H,5-8,10H2,1-4H3. The van der Waals surface area contributed by atoms with Crippen LogP contribution in [0.15, 0.2) is 11.0 Å². The van der Waals surface area contributed by atoms with Gasteiger partial charge in [0.05, 0.1) is 21.3 Å². The van der Waals surface area contributed by atoms with Gasteiger partial charge in [-0.15, -0.1) is 11.3 Å². The highest BCUT2D eigenvalue weighted by Crippen LogP contribution is 2.28. The van der Waals surface area contributed by atoms with Crippen LogP contribution in [0.25, 0.3) is 0 Å². The predicted octanol–water partition coefficient (Wildman–Crippen LogP) is 2.36. The van der Waals surface area contributed by atoms with Crippen molar-refractivity contribution in [1.29, 1.82) is 0 Å². The maximum Gasteiger partial charge on any atom is 0.244 e. The first-order chi connectivity index (χ1) is 12.6. The zero-order valence-electron chi connectivity index (χ0n) is 15.8. The predicted molar refractivity (Wildman–Crippen MR) is 106 cm³/mol. The lowest BCUT2D eigenvalue weighted by molar-refractivity contribution is -0.133. The van der Waals surface area contributed by atoms with Crippen molar-refractivity contribution in [2.24, 2.45) is 0 Å². The number of carbonyl (C=O) groups excluding carboxylic acids is 1. The van der Waals surface area contributed by atoms with Crippen molar-refractivity contribution in [1.82, 2.24) is 19.0 Å². The van der Waals surface area contributed by atoms with Gasteiger partial charge in [0.1, 0.15) is 6.54 Å². The Balaban J connectivity index is 1.65. The highest BCUT2D eigenvalue weighted by atomic mass is 35.5. The van der Waals surface area contributed by atoms with E-state index in [1.165, 1.54) is 15.6 Å². The van der Waals surface area contributed by atoms with Gasteiger partial charge in [-0.25, -0.2) is 8.42 Å². The lowest BCUT2D eigenvalue weighted by atomic mass is 10.3. The normalized spacial score (nSPS) is 16.1. The van der Waals surface area contributed by atoms with Crippen LogP contribution in [0.4, 0.5) is 0 Å². The number of hydrogen-bond acceptors (Lipinski definition) is 5. The van der Waals surface area contributed by atoms with Gasteiger partial charge in [0.25, 0.3) is 0 Å². The molecule has 27 heavy (non-hydrogen) atoms. The summed E-state index contributed by atoms with van der Waals surface area (Å²) in [6.07, 6.45) is 0. The first kappa shape index (κ1) is 20.3. The van der Waals surface area contributed by atoms with E-state index in [-0.39, 0.29) is 12.5 Å². The summed E-state index contributed by atoms with van der Waals surface area (Å²) < 4.78 is 28.8. The molecule has 3 heterocycles. The average molecular weight is 431 g/mol. The summed E-state index contributed by atoms with van der Waals surface area (Å²) in [7, 11) is -3.52. The molecule has 1 aliphatic rings. The highest BCUT2D eigenvalue weighted by Gasteiger charge is 2.32. The lowest BCUT2D eigenvalue weighted by Crippen LogP contribution is -2.51. The van der Waals surface area contributed by atoms with Gasteiger partial charge in [-0.2, -0.15) is 9.40 Å². The van der Waals surface area contributed by atoms with E-state index in [4.69, 9.17) is 11.6 Å². The van der Waals surface area contributed by atoms with Gasteiger partial charge in [-0.1, -0.05) is 11.6 Å². The molecule has 10 heteroatoms. The molecule has 0 atom stereocenters. The summed E-state index contributed by atoms with van der Waals surface area (Å²) >= 11 is 7.61. The summed E-state index contributed by atoms with van der Waals surface area (Å²) in [6, 6.07) is 1.72. The molecule has 1 amide bonds. The minimum absolute atomic E-state index is 0.0862. The Labute approximate surface area is 168 Å². The van der Waals surface area contributed by atoms with Crippen LogP contribution in [0.5, 0.6) is 0 Å². The fourth-order valence-corrected chi connectivity index (χ4v) is 6.32. The molecule has 0 radical (unpaired) electrons. The molecule has 148 valence electrons. The van der Waals surface area contributed by atoms with Crippen LogP contribution < -0.4 is 0 Å². The first-order valence-corrected chi connectivity index (χ1v) is 11.3. The molecule has 3 rings (SSSR count). The number of halogens is 1. The Bertz CT molecular complexity index is 973. The van der Waals surface area contributed by atoms with Gasteiger partial charge in [-0.3, -0.25) is 9.48 Å². The van der Waals surface area contributed by atoms with E-state index >= 15 is 0 Å². The van der Waals surface area contributed by atoms with Crippen molar-refractivity contribution >= 4 is 38.9 Å². The lowest BCUT2D eigenvalue weighted by Gasteiger charge is -2.34.